The van der Waals surface area contributed by atoms with E-state index in [0.717, 1.165) is 37.6 Å². The van der Waals surface area contributed by atoms with E-state index < -0.39 is 11.9 Å². The third kappa shape index (κ3) is 5.13. The highest BCUT2D eigenvalue weighted by Crippen LogP contribution is 2.17. The first kappa shape index (κ1) is 18.1. The predicted molar refractivity (Wildman–Crippen MR) is 91.1 cm³/mol. The molecule has 0 bridgehead atoms. The number of aliphatic carboxylic acids is 1. The van der Waals surface area contributed by atoms with Gasteiger partial charge in [-0.05, 0) is 17.7 Å². The van der Waals surface area contributed by atoms with Crippen molar-refractivity contribution in [1.82, 2.24) is 10.2 Å². The first-order chi connectivity index (χ1) is 11.5. The lowest BCUT2D eigenvalue weighted by atomic mass is 10.1. The maximum atomic E-state index is 12.1. The first-order valence-electron chi connectivity index (χ1n) is 8.11. The van der Waals surface area contributed by atoms with Crippen LogP contribution >= 0.6 is 0 Å². The van der Waals surface area contributed by atoms with E-state index >= 15 is 0 Å². The molecule has 1 heterocycles. The van der Waals surface area contributed by atoms with Gasteiger partial charge >= 0.3 is 12.0 Å². The van der Waals surface area contributed by atoms with Gasteiger partial charge in [0.15, 0.2) is 0 Å². The van der Waals surface area contributed by atoms with Gasteiger partial charge in [0.1, 0.15) is 0 Å². The molecule has 24 heavy (non-hydrogen) atoms. The molecule has 0 saturated carbocycles. The third-order valence-corrected chi connectivity index (χ3v) is 4.05. The number of carbonyl (C=O) groups excluding carboxylic acids is 1. The number of morpholine rings is 1. The van der Waals surface area contributed by atoms with Crippen LogP contribution in [0.4, 0.5) is 10.5 Å². The minimum absolute atomic E-state index is 0.176. The fourth-order valence-electron chi connectivity index (χ4n) is 2.57. The second kappa shape index (κ2) is 8.54. The minimum Gasteiger partial charge on any atom is -0.481 e. The second-order valence-electron chi connectivity index (χ2n) is 6.05. The molecule has 132 valence electrons. The van der Waals surface area contributed by atoms with Gasteiger partial charge in [-0.2, -0.15) is 0 Å². The summed E-state index contributed by atoms with van der Waals surface area (Å²) in [5.74, 6) is -1.50. The zero-order chi connectivity index (χ0) is 17.5. The molecule has 2 rings (SSSR count). The second-order valence-corrected chi connectivity index (χ2v) is 6.05. The number of ether oxygens (including phenoxy) is 1. The first-order valence-corrected chi connectivity index (χ1v) is 8.11. The lowest BCUT2D eigenvalue weighted by Gasteiger charge is -2.29. The highest BCUT2D eigenvalue weighted by atomic mass is 16.5. The average Bonchev–Trinajstić information content (AvgIpc) is 2.60. The van der Waals surface area contributed by atoms with Crippen molar-refractivity contribution in [3.63, 3.8) is 0 Å². The normalized spacial score (nSPS) is 15.7. The van der Waals surface area contributed by atoms with Gasteiger partial charge in [0.2, 0.25) is 0 Å². The Balaban J connectivity index is 1.87. The number of nitrogens with zero attached hydrogens (tertiary/aromatic N) is 2. The summed E-state index contributed by atoms with van der Waals surface area (Å²) < 4.78 is 5.36. The molecule has 1 aliphatic rings. The van der Waals surface area contributed by atoms with Crippen molar-refractivity contribution in [2.75, 3.05) is 44.8 Å². The number of anilines is 1. The Morgan fingerprint density at radius 3 is 2.75 bits per heavy atom. The summed E-state index contributed by atoms with van der Waals surface area (Å²) in [5, 5.41) is 11.7. The molecule has 0 spiro atoms. The van der Waals surface area contributed by atoms with Crippen LogP contribution in [0.5, 0.6) is 0 Å². The van der Waals surface area contributed by atoms with Gasteiger partial charge in [-0.15, -0.1) is 0 Å². The Morgan fingerprint density at radius 2 is 2.08 bits per heavy atom. The molecule has 7 nitrogen and oxygen atoms in total. The van der Waals surface area contributed by atoms with Gasteiger partial charge in [-0.25, -0.2) is 4.79 Å². The summed E-state index contributed by atoms with van der Waals surface area (Å²) in [6, 6.07) is 7.77. The van der Waals surface area contributed by atoms with Gasteiger partial charge in [0.25, 0.3) is 0 Å². The molecule has 2 N–H and O–H groups in total. The molecular formula is C17H25N3O4. The summed E-state index contributed by atoms with van der Waals surface area (Å²) >= 11 is 0. The molecule has 1 aliphatic heterocycles. The molecule has 1 saturated heterocycles. The number of rotatable bonds is 6. The lowest BCUT2D eigenvalue weighted by Crippen LogP contribution is -2.40. The molecule has 0 aliphatic carbocycles. The summed E-state index contributed by atoms with van der Waals surface area (Å²) in [5.41, 5.74) is 2.13. The zero-order valence-corrected chi connectivity index (χ0v) is 14.2. The number of hydrogen-bond acceptors (Lipinski definition) is 4. The molecule has 7 heteroatoms. The number of amides is 2. The number of benzene rings is 1. The Labute approximate surface area is 142 Å². The van der Waals surface area contributed by atoms with Crippen LogP contribution in [-0.4, -0.2) is 61.9 Å². The fraction of sp³-hybridized carbons (Fsp3) is 0.529. The topological polar surface area (TPSA) is 82.1 Å². The van der Waals surface area contributed by atoms with Gasteiger partial charge in [-0.3, -0.25) is 4.79 Å². The van der Waals surface area contributed by atoms with Crippen molar-refractivity contribution in [2.24, 2.45) is 5.92 Å². The number of nitrogens with one attached hydrogen (secondary N) is 1. The standard InChI is InChI=1S/C17H25N3O4/c1-13(16(21)22)12-19(2)17(23)18-11-14-4-3-5-15(10-14)20-6-8-24-9-7-20/h3-5,10,13H,6-9,11-12H2,1-2H3,(H,18,23)(H,21,22). The maximum absolute atomic E-state index is 12.1. The van der Waals surface area contributed by atoms with E-state index in [0.29, 0.717) is 6.54 Å². The van der Waals surface area contributed by atoms with E-state index in [9.17, 15) is 9.59 Å². The number of carbonyl (C=O) groups is 2. The molecule has 1 unspecified atom stereocenters. The Bertz CT molecular complexity index is 573. The van der Waals surface area contributed by atoms with Crippen molar-refractivity contribution in [3.8, 4) is 0 Å². The monoisotopic (exact) mass is 335 g/mol. The smallest absolute Gasteiger partial charge is 0.317 e. The van der Waals surface area contributed by atoms with E-state index in [4.69, 9.17) is 9.84 Å². The van der Waals surface area contributed by atoms with Crippen molar-refractivity contribution in [1.29, 1.82) is 0 Å². The summed E-state index contributed by atoms with van der Waals surface area (Å²) in [6.45, 7) is 5.36. The Hall–Kier alpha value is -2.28. The molecular weight excluding hydrogens is 310 g/mol. The van der Waals surface area contributed by atoms with E-state index in [2.05, 4.69) is 22.3 Å². The van der Waals surface area contributed by atoms with Crippen LogP contribution in [0.25, 0.3) is 0 Å². The highest BCUT2D eigenvalue weighted by Gasteiger charge is 2.17. The molecule has 1 aromatic rings. The van der Waals surface area contributed by atoms with Crippen LogP contribution in [0.3, 0.4) is 0 Å². The quantitative estimate of drug-likeness (QED) is 0.821. The van der Waals surface area contributed by atoms with Crippen LogP contribution in [0, 0.1) is 5.92 Å². The van der Waals surface area contributed by atoms with Gasteiger partial charge in [0, 0.05) is 38.9 Å². The Morgan fingerprint density at radius 1 is 1.38 bits per heavy atom. The number of carboxylic acid groups (broad SMARTS) is 1. The van der Waals surface area contributed by atoms with E-state index in [1.807, 2.05) is 12.1 Å². The molecule has 1 atom stereocenters. The van der Waals surface area contributed by atoms with Gasteiger partial charge in [-0.1, -0.05) is 19.1 Å². The zero-order valence-electron chi connectivity index (χ0n) is 14.2. The summed E-state index contributed by atoms with van der Waals surface area (Å²) in [6.07, 6.45) is 0. The highest BCUT2D eigenvalue weighted by molar-refractivity contribution is 5.75. The van der Waals surface area contributed by atoms with Crippen LogP contribution in [0.15, 0.2) is 24.3 Å². The molecule has 1 aromatic carbocycles. The molecule has 2 amide bonds. The van der Waals surface area contributed by atoms with Crippen LogP contribution in [-0.2, 0) is 16.1 Å². The minimum atomic E-state index is -0.909. The van der Waals surface area contributed by atoms with E-state index in [-0.39, 0.29) is 12.6 Å². The van der Waals surface area contributed by atoms with Crippen molar-refractivity contribution >= 4 is 17.7 Å². The molecule has 1 fully saturated rings. The maximum Gasteiger partial charge on any atom is 0.317 e. The van der Waals surface area contributed by atoms with Gasteiger partial charge < -0.3 is 25.0 Å². The third-order valence-electron chi connectivity index (χ3n) is 4.05. The molecule has 0 aromatic heterocycles. The number of urea groups is 1. The van der Waals surface area contributed by atoms with Crippen LogP contribution in [0.1, 0.15) is 12.5 Å². The van der Waals surface area contributed by atoms with Crippen LogP contribution in [0.2, 0.25) is 0 Å². The largest absolute Gasteiger partial charge is 0.481 e. The SMILES string of the molecule is CC(CN(C)C(=O)NCc1cccc(N2CCOCC2)c1)C(=O)O. The van der Waals surface area contributed by atoms with Crippen molar-refractivity contribution in [3.05, 3.63) is 29.8 Å². The molecule has 0 radical (unpaired) electrons. The number of carboxylic acids is 1. The summed E-state index contributed by atoms with van der Waals surface area (Å²) in [7, 11) is 1.60. The predicted octanol–water partition coefficient (Wildman–Crippen LogP) is 1.39. The lowest BCUT2D eigenvalue weighted by molar-refractivity contribution is -0.141. The van der Waals surface area contributed by atoms with Crippen molar-refractivity contribution in [2.45, 2.75) is 13.5 Å². The van der Waals surface area contributed by atoms with E-state index in [1.54, 1.807) is 14.0 Å². The average molecular weight is 335 g/mol. The van der Waals surface area contributed by atoms with Crippen molar-refractivity contribution < 1.29 is 19.4 Å². The van der Waals surface area contributed by atoms with Crippen LogP contribution < -0.4 is 10.2 Å². The number of hydrogen-bond donors (Lipinski definition) is 2. The van der Waals surface area contributed by atoms with E-state index in [1.165, 1.54) is 4.90 Å². The Kier molecular flexibility index (Phi) is 6.43. The van der Waals surface area contributed by atoms with Gasteiger partial charge in [0.05, 0.1) is 19.1 Å². The summed E-state index contributed by atoms with van der Waals surface area (Å²) in [4.78, 5) is 26.6. The fourth-order valence-corrected chi connectivity index (χ4v) is 2.57.